The maximum absolute atomic E-state index is 5.50. The Hall–Kier alpha value is -1.82. The summed E-state index contributed by atoms with van der Waals surface area (Å²) in [7, 11) is 0. The number of nitrogens with zero attached hydrogens (tertiary/aromatic N) is 4. The first-order valence-electron chi connectivity index (χ1n) is 6.65. The van der Waals surface area contributed by atoms with Gasteiger partial charge in [0.15, 0.2) is 0 Å². The fraction of sp³-hybridized carbons (Fsp3) is 0.538. The third kappa shape index (κ3) is 2.23. The van der Waals surface area contributed by atoms with Crippen LogP contribution in [-0.4, -0.2) is 33.2 Å². The Kier molecular flexibility index (Phi) is 3.25. The first-order chi connectivity index (χ1) is 9.34. The average molecular weight is 259 g/mol. The number of hydrogen-bond acceptors (Lipinski definition) is 6. The second kappa shape index (κ2) is 5.05. The van der Waals surface area contributed by atoms with E-state index in [1.165, 1.54) is 6.33 Å². The Morgan fingerprint density at radius 1 is 1.47 bits per heavy atom. The van der Waals surface area contributed by atoms with Crippen LogP contribution >= 0.6 is 0 Å². The molecule has 1 unspecified atom stereocenters. The van der Waals surface area contributed by atoms with Crippen LogP contribution in [0.1, 0.15) is 32.1 Å². The molecule has 0 radical (unpaired) electrons. The van der Waals surface area contributed by atoms with Crippen LogP contribution in [0, 0.1) is 0 Å². The molecule has 1 saturated heterocycles. The highest BCUT2D eigenvalue weighted by Crippen LogP contribution is 2.34. The van der Waals surface area contributed by atoms with Crippen LogP contribution < -0.4 is 5.32 Å². The summed E-state index contributed by atoms with van der Waals surface area (Å²) in [5.41, 5.74) is 0.690. The lowest BCUT2D eigenvalue weighted by molar-refractivity contribution is 0.277. The van der Waals surface area contributed by atoms with Crippen molar-refractivity contribution in [3.8, 4) is 11.5 Å². The number of hydrogen-bond donors (Lipinski definition) is 1. The standard InChI is InChI=1S/C13H17N5O/c1-2-4-13(5-7-14-8-13)12-17-11(18-19-12)10-3-6-15-9-16-10/h3,6,9,14H,2,4-5,7-8H2,1H3. The molecule has 0 bridgehead atoms. The summed E-state index contributed by atoms with van der Waals surface area (Å²) < 4.78 is 5.50. The van der Waals surface area contributed by atoms with Gasteiger partial charge >= 0.3 is 0 Å². The Balaban J connectivity index is 1.92. The quantitative estimate of drug-likeness (QED) is 0.897. The summed E-state index contributed by atoms with van der Waals surface area (Å²) in [4.78, 5) is 12.6. The number of nitrogens with one attached hydrogen (secondary N) is 1. The first kappa shape index (κ1) is 12.2. The van der Waals surface area contributed by atoms with Crippen LogP contribution in [0.25, 0.3) is 11.5 Å². The number of rotatable bonds is 4. The predicted octanol–water partition coefficient (Wildman–Crippen LogP) is 1.56. The van der Waals surface area contributed by atoms with E-state index in [0.717, 1.165) is 38.2 Å². The van der Waals surface area contributed by atoms with E-state index in [0.29, 0.717) is 11.5 Å². The molecule has 1 aliphatic heterocycles. The molecule has 0 amide bonds. The van der Waals surface area contributed by atoms with E-state index in [4.69, 9.17) is 4.52 Å². The third-order valence-corrected chi connectivity index (χ3v) is 3.66. The molecule has 3 heterocycles. The van der Waals surface area contributed by atoms with Gasteiger partial charge in [0.2, 0.25) is 11.7 Å². The largest absolute Gasteiger partial charge is 0.338 e. The predicted molar refractivity (Wildman–Crippen MR) is 69.4 cm³/mol. The monoisotopic (exact) mass is 259 g/mol. The molecule has 1 fully saturated rings. The summed E-state index contributed by atoms with van der Waals surface area (Å²) in [5, 5.41) is 7.45. The van der Waals surface area contributed by atoms with Crippen LogP contribution in [0.15, 0.2) is 23.1 Å². The third-order valence-electron chi connectivity index (χ3n) is 3.66. The lowest BCUT2D eigenvalue weighted by atomic mass is 9.82. The van der Waals surface area contributed by atoms with E-state index in [2.05, 4.69) is 32.3 Å². The van der Waals surface area contributed by atoms with E-state index in [1.807, 2.05) is 0 Å². The molecule has 19 heavy (non-hydrogen) atoms. The van der Waals surface area contributed by atoms with Crippen molar-refractivity contribution in [2.75, 3.05) is 13.1 Å². The molecule has 0 aromatic carbocycles. The van der Waals surface area contributed by atoms with Crippen molar-refractivity contribution in [1.82, 2.24) is 25.4 Å². The molecule has 6 nitrogen and oxygen atoms in total. The molecule has 6 heteroatoms. The van der Waals surface area contributed by atoms with Crippen molar-refractivity contribution in [3.63, 3.8) is 0 Å². The minimum atomic E-state index is -0.00691. The fourth-order valence-electron chi connectivity index (χ4n) is 2.69. The van der Waals surface area contributed by atoms with Gasteiger partial charge in [0.1, 0.15) is 12.0 Å². The molecular formula is C13H17N5O. The van der Waals surface area contributed by atoms with E-state index < -0.39 is 0 Å². The molecule has 1 atom stereocenters. The maximum Gasteiger partial charge on any atom is 0.234 e. The fourth-order valence-corrected chi connectivity index (χ4v) is 2.69. The van der Waals surface area contributed by atoms with Gasteiger partial charge in [-0.15, -0.1) is 0 Å². The summed E-state index contributed by atoms with van der Waals surface area (Å²) in [6.07, 6.45) is 6.38. The second-order valence-electron chi connectivity index (χ2n) is 4.97. The van der Waals surface area contributed by atoms with Crippen molar-refractivity contribution in [3.05, 3.63) is 24.5 Å². The lowest BCUT2D eigenvalue weighted by Crippen LogP contribution is -2.29. The van der Waals surface area contributed by atoms with Gasteiger partial charge in [0.25, 0.3) is 0 Å². The Morgan fingerprint density at radius 2 is 2.42 bits per heavy atom. The molecule has 2 aromatic rings. The van der Waals surface area contributed by atoms with Crippen molar-refractivity contribution in [2.45, 2.75) is 31.6 Å². The Labute approximate surface area is 111 Å². The van der Waals surface area contributed by atoms with Crippen molar-refractivity contribution < 1.29 is 4.52 Å². The van der Waals surface area contributed by atoms with Gasteiger partial charge in [-0.1, -0.05) is 18.5 Å². The van der Waals surface area contributed by atoms with Gasteiger partial charge in [-0.25, -0.2) is 9.97 Å². The van der Waals surface area contributed by atoms with Crippen LogP contribution in [-0.2, 0) is 5.41 Å². The zero-order valence-corrected chi connectivity index (χ0v) is 11.0. The second-order valence-corrected chi connectivity index (χ2v) is 4.97. The average Bonchev–Trinajstić information content (AvgIpc) is 3.09. The van der Waals surface area contributed by atoms with Gasteiger partial charge in [0.05, 0.1) is 5.41 Å². The Morgan fingerprint density at radius 3 is 3.11 bits per heavy atom. The first-order valence-corrected chi connectivity index (χ1v) is 6.65. The molecule has 1 N–H and O–H groups in total. The van der Waals surface area contributed by atoms with Gasteiger partial charge in [0, 0.05) is 12.7 Å². The van der Waals surface area contributed by atoms with Crippen LogP contribution in [0.2, 0.25) is 0 Å². The molecule has 0 spiro atoms. The molecule has 100 valence electrons. The Bertz CT molecular complexity index is 533. The minimum absolute atomic E-state index is 0.00691. The zero-order chi connectivity index (χ0) is 13.1. The van der Waals surface area contributed by atoms with Crippen LogP contribution in [0.4, 0.5) is 0 Å². The molecule has 1 aliphatic rings. The van der Waals surface area contributed by atoms with Crippen molar-refractivity contribution in [1.29, 1.82) is 0 Å². The summed E-state index contributed by atoms with van der Waals surface area (Å²) >= 11 is 0. The molecular weight excluding hydrogens is 242 g/mol. The van der Waals surface area contributed by atoms with Gasteiger partial charge < -0.3 is 9.84 Å². The minimum Gasteiger partial charge on any atom is -0.338 e. The van der Waals surface area contributed by atoms with E-state index in [1.54, 1.807) is 12.3 Å². The van der Waals surface area contributed by atoms with E-state index in [-0.39, 0.29) is 5.41 Å². The van der Waals surface area contributed by atoms with Gasteiger partial charge in [-0.2, -0.15) is 4.98 Å². The summed E-state index contributed by atoms with van der Waals surface area (Å²) in [6, 6.07) is 1.79. The van der Waals surface area contributed by atoms with E-state index in [9.17, 15) is 0 Å². The van der Waals surface area contributed by atoms with E-state index >= 15 is 0 Å². The zero-order valence-electron chi connectivity index (χ0n) is 11.0. The number of aromatic nitrogens is 4. The smallest absolute Gasteiger partial charge is 0.234 e. The summed E-state index contributed by atoms with van der Waals surface area (Å²) in [5.74, 6) is 1.27. The summed E-state index contributed by atoms with van der Waals surface area (Å²) in [6.45, 7) is 4.10. The van der Waals surface area contributed by atoms with Gasteiger partial charge in [-0.05, 0) is 25.5 Å². The highest BCUT2D eigenvalue weighted by molar-refractivity contribution is 5.46. The SMILES string of the molecule is CCCC1(c2nc(-c3ccncn3)no2)CCNC1. The normalized spacial score (nSPS) is 22.8. The highest BCUT2D eigenvalue weighted by atomic mass is 16.5. The molecule has 3 rings (SSSR count). The van der Waals surface area contributed by atoms with Crippen molar-refractivity contribution >= 4 is 0 Å². The molecule has 0 saturated carbocycles. The lowest BCUT2D eigenvalue weighted by Gasteiger charge is -2.22. The van der Waals surface area contributed by atoms with Gasteiger partial charge in [-0.3, -0.25) is 0 Å². The van der Waals surface area contributed by atoms with Crippen molar-refractivity contribution in [2.24, 2.45) is 0 Å². The molecule has 0 aliphatic carbocycles. The van der Waals surface area contributed by atoms with Crippen LogP contribution in [0.5, 0.6) is 0 Å². The van der Waals surface area contributed by atoms with Crippen LogP contribution in [0.3, 0.4) is 0 Å². The maximum atomic E-state index is 5.50. The topological polar surface area (TPSA) is 76.7 Å². The molecule has 2 aromatic heterocycles. The highest BCUT2D eigenvalue weighted by Gasteiger charge is 2.40.